The van der Waals surface area contributed by atoms with Crippen LogP contribution >= 0.6 is 0 Å². The highest BCUT2D eigenvalue weighted by Crippen LogP contribution is 2.18. The van der Waals surface area contributed by atoms with Crippen molar-refractivity contribution in [3.8, 4) is 0 Å². The maximum absolute atomic E-state index is 3.59. The van der Waals surface area contributed by atoms with E-state index in [0.717, 1.165) is 13.0 Å². The van der Waals surface area contributed by atoms with Gasteiger partial charge in [0.15, 0.2) is 0 Å². The van der Waals surface area contributed by atoms with Gasteiger partial charge in [0.25, 0.3) is 0 Å². The lowest BCUT2D eigenvalue weighted by Crippen LogP contribution is -2.37. The molecule has 0 spiro atoms. The van der Waals surface area contributed by atoms with Gasteiger partial charge in [-0.25, -0.2) is 0 Å². The van der Waals surface area contributed by atoms with Crippen LogP contribution in [-0.2, 0) is 6.42 Å². The molecular formula is C18H29N. The first-order valence-corrected chi connectivity index (χ1v) is 7.37. The Morgan fingerprint density at radius 2 is 1.84 bits per heavy atom. The van der Waals surface area contributed by atoms with Gasteiger partial charge in [-0.2, -0.15) is 0 Å². The van der Waals surface area contributed by atoms with Crippen LogP contribution in [0.3, 0.4) is 0 Å². The Kier molecular flexibility index (Phi) is 5.81. The summed E-state index contributed by atoms with van der Waals surface area (Å²) in [5.41, 5.74) is 4.43. The minimum atomic E-state index is 0.165. The van der Waals surface area contributed by atoms with Gasteiger partial charge >= 0.3 is 0 Å². The second kappa shape index (κ2) is 6.91. The van der Waals surface area contributed by atoms with Gasteiger partial charge in [0, 0.05) is 12.1 Å². The minimum absolute atomic E-state index is 0.165. The molecule has 1 N–H and O–H groups in total. The lowest BCUT2D eigenvalue weighted by atomic mass is 9.96. The van der Waals surface area contributed by atoms with Crippen LogP contribution in [0.25, 0.3) is 6.08 Å². The van der Waals surface area contributed by atoms with Crippen molar-refractivity contribution in [2.24, 2.45) is 5.92 Å². The van der Waals surface area contributed by atoms with Crippen LogP contribution < -0.4 is 5.32 Å². The molecule has 106 valence electrons. The van der Waals surface area contributed by atoms with Gasteiger partial charge in [0.2, 0.25) is 0 Å². The highest BCUT2D eigenvalue weighted by atomic mass is 14.9. The van der Waals surface area contributed by atoms with Gasteiger partial charge in [-0.1, -0.05) is 56.7 Å². The average Bonchev–Trinajstić information content (AvgIpc) is 2.33. The Bertz CT molecular complexity index is 422. The summed E-state index contributed by atoms with van der Waals surface area (Å²) in [5, 5.41) is 3.59. The first kappa shape index (κ1) is 16.0. The number of nitrogens with one attached hydrogen (secondary N) is 1. The molecule has 0 unspecified atom stereocenters. The van der Waals surface area contributed by atoms with Crippen molar-refractivity contribution >= 4 is 6.08 Å². The summed E-state index contributed by atoms with van der Waals surface area (Å²) < 4.78 is 0. The fourth-order valence-electron chi connectivity index (χ4n) is 1.99. The van der Waals surface area contributed by atoms with Gasteiger partial charge in [-0.15, -0.1) is 0 Å². The van der Waals surface area contributed by atoms with Gasteiger partial charge in [-0.3, -0.25) is 0 Å². The summed E-state index contributed by atoms with van der Waals surface area (Å²) >= 11 is 0. The largest absolute Gasteiger partial charge is 0.308 e. The van der Waals surface area contributed by atoms with Crippen LogP contribution in [0.15, 0.2) is 29.8 Å². The average molecular weight is 259 g/mol. The van der Waals surface area contributed by atoms with Gasteiger partial charge in [-0.05, 0) is 44.2 Å². The van der Waals surface area contributed by atoms with Gasteiger partial charge in [0.1, 0.15) is 0 Å². The van der Waals surface area contributed by atoms with E-state index in [-0.39, 0.29) is 5.54 Å². The lowest BCUT2D eigenvalue weighted by molar-refractivity contribution is 0.437. The van der Waals surface area contributed by atoms with E-state index in [1.807, 2.05) is 0 Å². The molecule has 0 aliphatic heterocycles. The molecule has 0 saturated heterocycles. The van der Waals surface area contributed by atoms with Crippen molar-refractivity contribution in [3.63, 3.8) is 0 Å². The summed E-state index contributed by atoms with van der Waals surface area (Å²) in [6, 6.07) is 8.69. The van der Waals surface area contributed by atoms with Crippen LogP contribution in [0.1, 0.15) is 52.7 Å². The predicted octanol–water partition coefficient (Wildman–Crippen LogP) is 4.68. The maximum Gasteiger partial charge on any atom is 0.0175 e. The standard InChI is InChI=1S/C18H29N/c1-7-15-10-8-9-11-16(15)12-17(14(2)3)13-19-18(4,5)6/h8-12,14,19H,7,13H2,1-6H3. The number of aryl methyl sites for hydroxylation is 1. The quantitative estimate of drug-likeness (QED) is 0.810. The van der Waals surface area contributed by atoms with Crippen molar-refractivity contribution in [2.75, 3.05) is 6.54 Å². The molecule has 1 aromatic carbocycles. The zero-order valence-corrected chi connectivity index (χ0v) is 13.4. The van der Waals surface area contributed by atoms with Crippen molar-refractivity contribution in [3.05, 3.63) is 41.0 Å². The topological polar surface area (TPSA) is 12.0 Å². The van der Waals surface area contributed by atoms with E-state index in [1.54, 1.807) is 0 Å². The molecule has 0 aliphatic carbocycles. The normalized spacial score (nSPS) is 13.1. The summed E-state index contributed by atoms with van der Waals surface area (Å²) in [5.74, 6) is 0.569. The smallest absolute Gasteiger partial charge is 0.0175 e. The Morgan fingerprint density at radius 1 is 1.21 bits per heavy atom. The monoisotopic (exact) mass is 259 g/mol. The molecule has 1 aromatic rings. The Hall–Kier alpha value is -1.08. The second-order valence-electron chi connectivity index (χ2n) is 6.53. The molecule has 0 bridgehead atoms. The van der Waals surface area contributed by atoms with Crippen LogP contribution in [0.2, 0.25) is 0 Å². The Labute approximate surface area is 119 Å². The third-order valence-corrected chi connectivity index (χ3v) is 3.34. The van der Waals surface area contributed by atoms with Crippen molar-refractivity contribution in [1.29, 1.82) is 0 Å². The van der Waals surface area contributed by atoms with E-state index in [0.29, 0.717) is 5.92 Å². The van der Waals surface area contributed by atoms with Crippen LogP contribution in [0.4, 0.5) is 0 Å². The fraction of sp³-hybridized carbons (Fsp3) is 0.556. The molecule has 0 fully saturated rings. The molecule has 1 rings (SSSR count). The molecule has 0 heterocycles. The molecule has 0 radical (unpaired) electrons. The van der Waals surface area contributed by atoms with E-state index in [4.69, 9.17) is 0 Å². The predicted molar refractivity (Wildman–Crippen MR) is 86.4 cm³/mol. The lowest BCUT2D eigenvalue weighted by Gasteiger charge is -2.23. The van der Waals surface area contributed by atoms with Crippen LogP contribution in [-0.4, -0.2) is 12.1 Å². The Morgan fingerprint density at radius 3 is 2.37 bits per heavy atom. The number of hydrogen-bond donors (Lipinski definition) is 1. The number of benzene rings is 1. The van der Waals surface area contributed by atoms with E-state index in [1.165, 1.54) is 16.7 Å². The molecule has 19 heavy (non-hydrogen) atoms. The zero-order valence-electron chi connectivity index (χ0n) is 13.4. The third kappa shape index (κ3) is 5.61. The first-order valence-electron chi connectivity index (χ1n) is 7.37. The molecule has 1 heteroatoms. The second-order valence-corrected chi connectivity index (χ2v) is 6.53. The zero-order chi connectivity index (χ0) is 14.5. The molecule has 0 aliphatic rings. The molecule has 1 nitrogen and oxygen atoms in total. The van der Waals surface area contributed by atoms with E-state index >= 15 is 0 Å². The molecule has 0 saturated carbocycles. The van der Waals surface area contributed by atoms with Crippen LogP contribution in [0, 0.1) is 5.92 Å². The van der Waals surface area contributed by atoms with Gasteiger partial charge in [0.05, 0.1) is 0 Å². The number of hydrogen-bond acceptors (Lipinski definition) is 1. The summed E-state index contributed by atoms with van der Waals surface area (Å²) in [4.78, 5) is 0. The van der Waals surface area contributed by atoms with Crippen molar-refractivity contribution in [2.45, 2.75) is 53.5 Å². The fourth-order valence-corrected chi connectivity index (χ4v) is 1.99. The molecule has 0 aromatic heterocycles. The van der Waals surface area contributed by atoms with Crippen molar-refractivity contribution in [1.82, 2.24) is 5.32 Å². The maximum atomic E-state index is 3.59. The first-order chi connectivity index (χ1) is 8.83. The SMILES string of the molecule is CCc1ccccc1C=C(CNC(C)(C)C)C(C)C. The summed E-state index contributed by atoms with van der Waals surface area (Å²) in [6.45, 7) is 14.4. The van der Waals surface area contributed by atoms with E-state index in [2.05, 4.69) is 77.2 Å². The van der Waals surface area contributed by atoms with Gasteiger partial charge < -0.3 is 5.32 Å². The number of rotatable bonds is 5. The molecule has 0 amide bonds. The Balaban J connectivity index is 2.95. The van der Waals surface area contributed by atoms with Crippen molar-refractivity contribution < 1.29 is 0 Å². The highest BCUT2D eigenvalue weighted by molar-refractivity contribution is 5.57. The third-order valence-electron chi connectivity index (χ3n) is 3.34. The summed E-state index contributed by atoms with van der Waals surface area (Å²) in [7, 11) is 0. The van der Waals surface area contributed by atoms with E-state index in [9.17, 15) is 0 Å². The van der Waals surface area contributed by atoms with E-state index < -0.39 is 0 Å². The molecule has 0 atom stereocenters. The minimum Gasteiger partial charge on any atom is -0.308 e. The summed E-state index contributed by atoms with van der Waals surface area (Å²) in [6.07, 6.45) is 3.45. The molecular weight excluding hydrogens is 230 g/mol. The van der Waals surface area contributed by atoms with Crippen LogP contribution in [0.5, 0.6) is 0 Å². The highest BCUT2D eigenvalue weighted by Gasteiger charge is 2.11.